The molecule has 0 spiro atoms. The summed E-state index contributed by atoms with van der Waals surface area (Å²) in [4.78, 5) is 17.0. The second-order valence-electron chi connectivity index (χ2n) is 7.61. The lowest BCUT2D eigenvalue weighted by molar-refractivity contribution is -0.175. The number of hydroxylamine groups is 2. The van der Waals surface area contributed by atoms with Gasteiger partial charge in [-0.05, 0) is 43.1 Å². The van der Waals surface area contributed by atoms with E-state index in [1.165, 1.54) is 31.4 Å². The van der Waals surface area contributed by atoms with Gasteiger partial charge in [0.05, 0.1) is 19.1 Å². The van der Waals surface area contributed by atoms with E-state index in [0.717, 1.165) is 17.9 Å². The summed E-state index contributed by atoms with van der Waals surface area (Å²) < 4.78 is 0. The van der Waals surface area contributed by atoms with Gasteiger partial charge in [-0.1, -0.05) is 53.5 Å². The summed E-state index contributed by atoms with van der Waals surface area (Å²) in [5.41, 5.74) is 0.863. The molecular formula is C20H39NO3. The minimum Gasteiger partial charge on any atom is -0.388 e. The predicted octanol–water partition coefficient (Wildman–Crippen LogP) is 4.44. The third kappa shape index (κ3) is 8.29. The van der Waals surface area contributed by atoms with Crippen LogP contribution in [0.25, 0.3) is 0 Å². The molecule has 4 heteroatoms. The molecule has 0 radical (unpaired) electrons. The highest BCUT2D eigenvalue weighted by atomic mass is 16.7. The molecule has 0 aromatic heterocycles. The monoisotopic (exact) mass is 341 g/mol. The summed E-state index contributed by atoms with van der Waals surface area (Å²) in [6, 6.07) is 0. The highest BCUT2D eigenvalue weighted by Crippen LogP contribution is 2.25. The minimum atomic E-state index is -0.771. The smallest absolute Gasteiger partial charge is 0.251 e. The lowest BCUT2D eigenvalue weighted by atomic mass is 9.86. The summed E-state index contributed by atoms with van der Waals surface area (Å²) in [6.45, 7) is 12.7. The number of hydrogen-bond acceptors (Lipinski definition) is 3. The number of aliphatic hydroxyl groups excluding tert-OH is 1. The Balaban J connectivity index is 4.61. The SMILES string of the molecule is CCC[C@H](C)C[C@H](C)C[C@H](C)/C=C(\C)[C@@H](O)[C@@H](C)C(=O)N(C)OC. The van der Waals surface area contributed by atoms with Gasteiger partial charge in [0.25, 0.3) is 5.91 Å². The summed E-state index contributed by atoms with van der Waals surface area (Å²) in [5.74, 6) is 1.11. The predicted molar refractivity (Wildman–Crippen MR) is 100 cm³/mol. The number of amides is 1. The van der Waals surface area contributed by atoms with Crippen LogP contribution in [0, 0.1) is 23.7 Å². The quantitative estimate of drug-likeness (QED) is 0.446. The van der Waals surface area contributed by atoms with Crippen molar-refractivity contribution in [3.05, 3.63) is 11.6 Å². The molecule has 0 fully saturated rings. The second-order valence-corrected chi connectivity index (χ2v) is 7.61. The normalized spacial score (nSPS) is 18.6. The van der Waals surface area contributed by atoms with Gasteiger partial charge in [-0.3, -0.25) is 9.63 Å². The Bertz CT molecular complexity index is 394. The Hall–Kier alpha value is -0.870. The highest BCUT2D eigenvalue weighted by Gasteiger charge is 2.26. The summed E-state index contributed by atoms with van der Waals surface area (Å²) in [5, 5.41) is 11.6. The van der Waals surface area contributed by atoms with E-state index in [1.807, 2.05) is 6.92 Å². The summed E-state index contributed by atoms with van der Waals surface area (Å²) in [6.07, 6.45) is 6.24. The number of carbonyl (C=O) groups excluding carboxylic acids is 1. The largest absolute Gasteiger partial charge is 0.388 e. The first-order valence-electron chi connectivity index (χ1n) is 9.31. The molecule has 0 aromatic rings. The molecule has 0 heterocycles. The van der Waals surface area contributed by atoms with E-state index in [4.69, 9.17) is 4.84 Å². The van der Waals surface area contributed by atoms with E-state index >= 15 is 0 Å². The average molecular weight is 342 g/mol. The maximum atomic E-state index is 12.1. The van der Waals surface area contributed by atoms with Crippen molar-refractivity contribution < 1.29 is 14.7 Å². The third-order valence-electron chi connectivity index (χ3n) is 4.82. The van der Waals surface area contributed by atoms with Crippen LogP contribution in [-0.4, -0.2) is 36.3 Å². The fourth-order valence-electron chi connectivity index (χ4n) is 3.55. The molecule has 142 valence electrons. The molecule has 0 aliphatic carbocycles. The molecule has 0 aromatic carbocycles. The van der Waals surface area contributed by atoms with Crippen LogP contribution in [-0.2, 0) is 9.63 Å². The lowest BCUT2D eigenvalue weighted by Crippen LogP contribution is -2.37. The Morgan fingerprint density at radius 2 is 1.75 bits per heavy atom. The Labute approximate surface area is 149 Å². The van der Waals surface area contributed by atoms with E-state index in [1.54, 1.807) is 14.0 Å². The number of allylic oxidation sites excluding steroid dienone is 1. The van der Waals surface area contributed by atoms with Crippen molar-refractivity contribution in [1.82, 2.24) is 5.06 Å². The standard InChI is InChI=1S/C20H39NO3/c1-9-10-14(2)11-15(3)12-16(4)13-17(5)19(22)18(6)20(23)21(7)24-8/h13-16,18-19,22H,9-12H2,1-8H3/b17-13+/t14-,15-,16-,18+,19+/m0/s1. The molecule has 0 rings (SSSR count). The van der Waals surface area contributed by atoms with E-state index in [-0.39, 0.29) is 5.91 Å². The van der Waals surface area contributed by atoms with Crippen LogP contribution in [0.4, 0.5) is 0 Å². The van der Waals surface area contributed by atoms with Crippen molar-refractivity contribution in [2.75, 3.05) is 14.2 Å². The first-order valence-corrected chi connectivity index (χ1v) is 9.31. The van der Waals surface area contributed by atoms with Gasteiger partial charge in [-0.15, -0.1) is 0 Å². The molecule has 5 atom stereocenters. The molecule has 1 amide bonds. The second kappa shape index (κ2) is 11.6. The molecule has 0 unspecified atom stereocenters. The van der Waals surface area contributed by atoms with E-state index in [9.17, 15) is 9.90 Å². The van der Waals surface area contributed by atoms with Crippen molar-refractivity contribution in [2.24, 2.45) is 23.7 Å². The average Bonchev–Trinajstić information content (AvgIpc) is 2.51. The zero-order chi connectivity index (χ0) is 18.9. The third-order valence-corrected chi connectivity index (χ3v) is 4.82. The van der Waals surface area contributed by atoms with Crippen molar-refractivity contribution >= 4 is 5.91 Å². The molecule has 1 N–H and O–H groups in total. The first-order chi connectivity index (χ1) is 11.1. The number of rotatable bonds is 11. The number of nitrogens with zero attached hydrogens (tertiary/aromatic N) is 1. The molecule has 0 saturated heterocycles. The Morgan fingerprint density at radius 3 is 2.25 bits per heavy atom. The summed E-state index contributed by atoms with van der Waals surface area (Å²) >= 11 is 0. The zero-order valence-electron chi connectivity index (χ0n) is 17.0. The Morgan fingerprint density at radius 1 is 1.17 bits per heavy atom. The molecule has 0 saturated carbocycles. The summed E-state index contributed by atoms with van der Waals surface area (Å²) in [7, 11) is 3.01. The zero-order valence-corrected chi connectivity index (χ0v) is 17.0. The van der Waals surface area contributed by atoms with Crippen molar-refractivity contribution in [2.45, 2.75) is 73.3 Å². The van der Waals surface area contributed by atoms with Crippen LogP contribution in [0.15, 0.2) is 11.6 Å². The number of carbonyl (C=O) groups is 1. The molecule has 0 aliphatic heterocycles. The topological polar surface area (TPSA) is 49.8 Å². The minimum absolute atomic E-state index is 0.216. The molecule has 4 nitrogen and oxygen atoms in total. The molecule has 0 bridgehead atoms. The van der Waals surface area contributed by atoms with Gasteiger partial charge in [0.1, 0.15) is 0 Å². The van der Waals surface area contributed by atoms with Crippen molar-refractivity contribution in [3.8, 4) is 0 Å². The number of hydrogen-bond donors (Lipinski definition) is 1. The van der Waals surface area contributed by atoms with E-state index in [0.29, 0.717) is 11.8 Å². The van der Waals surface area contributed by atoms with Crippen LogP contribution >= 0.6 is 0 Å². The van der Waals surface area contributed by atoms with Gasteiger partial charge in [-0.25, -0.2) is 5.06 Å². The lowest BCUT2D eigenvalue weighted by Gasteiger charge is -2.24. The van der Waals surface area contributed by atoms with Crippen molar-refractivity contribution in [3.63, 3.8) is 0 Å². The molecule has 24 heavy (non-hydrogen) atoms. The van der Waals surface area contributed by atoms with Crippen molar-refractivity contribution in [1.29, 1.82) is 0 Å². The Kier molecular flexibility index (Phi) is 11.2. The maximum absolute atomic E-state index is 12.1. The van der Waals surface area contributed by atoms with Gasteiger partial charge in [0.15, 0.2) is 0 Å². The molecule has 0 aliphatic rings. The molecular weight excluding hydrogens is 302 g/mol. The van der Waals surface area contributed by atoms with E-state index < -0.39 is 12.0 Å². The van der Waals surface area contributed by atoms with Gasteiger partial charge < -0.3 is 5.11 Å². The van der Waals surface area contributed by atoms with Crippen LogP contribution in [0.3, 0.4) is 0 Å². The maximum Gasteiger partial charge on any atom is 0.251 e. The van der Waals surface area contributed by atoms with Crippen LogP contribution in [0.5, 0.6) is 0 Å². The van der Waals surface area contributed by atoms with E-state index in [2.05, 4.69) is 33.8 Å². The van der Waals surface area contributed by atoms with Crippen LogP contribution < -0.4 is 0 Å². The fourth-order valence-corrected chi connectivity index (χ4v) is 3.55. The van der Waals surface area contributed by atoms with Crippen LogP contribution in [0.2, 0.25) is 0 Å². The highest BCUT2D eigenvalue weighted by molar-refractivity contribution is 5.78. The first kappa shape index (κ1) is 23.1. The van der Waals surface area contributed by atoms with Crippen LogP contribution in [0.1, 0.15) is 67.2 Å². The van der Waals surface area contributed by atoms with Gasteiger partial charge in [0.2, 0.25) is 0 Å². The van der Waals surface area contributed by atoms with Gasteiger partial charge in [0, 0.05) is 7.05 Å². The number of aliphatic hydroxyl groups is 1. The van der Waals surface area contributed by atoms with Gasteiger partial charge in [-0.2, -0.15) is 0 Å². The van der Waals surface area contributed by atoms with Gasteiger partial charge >= 0.3 is 0 Å². The fraction of sp³-hybridized carbons (Fsp3) is 0.850.